The molecule has 0 aliphatic heterocycles. The summed E-state index contributed by atoms with van der Waals surface area (Å²) in [6.45, 7) is 9.48. The second-order valence-electron chi connectivity index (χ2n) is 4.73. The second kappa shape index (κ2) is 7.09. The third kappa shape index (κ3) is 5.52. The van der Waals surface area contributed by atoms with Gasteiger partial charge in [0.15, 0.2) is 0 Å². The van der Waals surface area contributed by atoms with Gasteiger partial charge in [0, 0.05) is 12.6 Å². The van der Waals surface area contributed by atoms with Gasteiger partial charge < -0.3 is 10.1 Å². The van der Waals surface area contributed by atoms with E-state index >= 15 is 0 Å². The SMILES string of the molecule is CCCNc1cc(OC(C)CC(C)C)ncn1. The number of nitrogens with one attached hydrogen (secondary N) is 1. The lowest BCUT2D eigenvalue weighted by Crippen LogP contribution is -2.15. The molecule has 0 saturated carbocycles. The maximum absolute atomic E-state index is 5.75. The minimum Gasteiger partial charge on any atom is -0.475 e. The minimum absolute atomic E-state index is 0.184. The van der Waals surface area contributed by atoms with Gasteiger partial charge in [0.25, 0.3) is 0 Å². The predicted octanol–water partition coefficient (Wildman–Crippen LogP) is 3.11. The summed E-state index contributed by atoms with van der Waals surface area (Å²) in [6, 6.07) is 1.85. The fourth-order valence-corrected chi connectivity index (χ4v) is 1.67. The van der Waals surface area contributed by atoms with Gasteiger partial charge in [0.05, 0.1) is 6.10 Å². The maximum atomic E-state index is 5.75. The largest absolute Gasteiger partial charge is 0.475 e. The fraction of sp³-hybridized carbons (Fsp3) is 0.692. The van der Waals surface area contributed by atoms with Crippen LogP contribution >= 0.6 is 0 Å². The number of nitrogens with zero attached hydrogens (tertiary/aromatic N) is 2. The van der Waals surface area contributed by atoms with Crippen molar-refractivity contribution in [2.45, 2.75) is 46.6 Å². The number of hydrogen-bond acceptors (Lipinski definition) is 4. The summed E-state index contributed by atoms with van der Waals surface area (Å²) in [5, 5.41) is 3.22. The fourth-order valence-electron chi connectivity index (χ4n) is 1.67. The van der Waals surface area contributed by atoms with Crippen molar-refractivity contribution in [3.8, 4) is 5.88 Å². The number of anilines is 1. The molecule has 96 valence electrons. The molecule has 0 saturated heterocycles. The molecular weight excluding hydrogens is 214 g/mol. The van der Waals surface area contributed by atoms with Gasteiger partial charge in [-0.1, -0.05) is 20.8 Å². The van der Waals surface area contributed by atoms with E-state index in [4.69, 9.17) is 4.74 Å². The van der Waals surface area contributed by atoms with Gasteiger partial charge in [-0.25, -0.2) is 9.97 Å². The molecule has 1 aromatic rings. The molecule has 1 heterocycles. The van der Waals surface area contributed by atoms with Gasteiger partial charge in [-0.3, -0.25) is 0 Å². The molecule has 0 bridgehead atoms. The van der Waals surface area contributed by atoms with Crippen LogP contribution in [0.1, 0.15) is 40.5 Å². The summed E-state index contributed by atoms with van der Waals surface area (Å²) in [5.41, 5.74) is 0. The Labute approximate surface area is 104 Å². The van der Waals surface area contributed by atoms with E-state index in [1.165, 1.54) is 6.33 Å². The maximum Gasteiger partial charge on any atom is 0.218 e. The summed E-state index contributed by atoms with van der Waals surface area (Å²) < 4.78 is 5.75. The highest BCUT2D eigenvalue weighted by Crippen LogP contribution is 2.15. The van der Waals surface area contributed by atoms with E-state index in [0.717, 1.165) is 25.2 Å². The Bertz CT molecular complexity index is 328. The molecule has 4 heteroatoms. The van der Waals surface area contributed by atoms with Crippen LogP contribution in [0.15, 0.2) is 12.4 Å². The van der Waals surface area contributed by atoms with Crippen molar-refractivity contribution in [1.82, 2.24) is 9.97 Å². The van der Waals surface area contributed by atoms with Crippen LogP contribution in [0.4, 0.5) is 5.82 Å². The van der Waals surface area contributed by atoms with Crippen LogP contribution in [0.3, 0.4) is 0 Å². The van der Waals surface area contributed by atoms with Crippen LogP contribution in [0.2, 0.25) is 0 Å². The van der Waals surface area contributed by atoms with Crippen LogP contribution in [-0.4, -0.2) is 22.6 Å². The summed E-state index contributed by atoms with van der Waals surface area (Å²) in [4.78, 5) is 8.26. The van der Waals surface area contributed by atoms with E-state index in [2.05, 4.69) is 43.0 Å². The average molecular weight is 237 g/mol. The molecular formula is C13H23N3O. The van der Waals surface area contributed by atoms with Gasteiger partial charge >= 0.3 is 0 Å². The Morgan fingerprint density at radius 3 is 2.71 bits per heavy atom. The molecule has 1 aromatic heterocycles. The highest BCUT2D eigenvalue weighted by molar-refractivity contribution is 5.36. The Morgan fingerprint density at radius 1 is 1.29 bits per heavy atom. The Balaban J connectivity index is 2.52. The first-order valence-corrected chi connectivity index (χ1v) is 6.34. The van der Waals surface area contributed by atoms with Crippen molar-refractivity contribution < 1.29 is 4.74 Å². The molecule has 17 heavy (non-hydrogen) atoms. The first-order chi connectivity index (χ1) is 8.11. The van der Waals surface area contributed by atoms with Crippen molar-refractivity contribution in [3.05, 3.63) is 12.4 Å². The molecule has 0 fully saturated rings. The van der Waals surface area contributed by atoms with Gasteiger partial charge in [0.1, 0.15) is 12.1 Å². The molecule has 1 unspecified atom stereocenters. The second-order valence-corrected chi connectivity index (χ2v) is 4.73. The number of rotatable bonds is 7. The molecule has 1 rings (SSSR count). The molecule has 1 atom stereocenters. The van der Waals surface area contributed by atoms with E-state index in [0.29, 0.717) is 11.8 Å². The van der Waals surface area contributed by atoms with Crippen LogP contribution in [0.25, 0.3) is 0 Å². The lowest BCUT2D eigenvalue weighted by Gasteiger charge is -2.16. The number of ether oxygens (including phenoxy) is 1. The van der Waals surface area contributed by atoms with Crippen LogP contribution in [0.5, 0.6) is 5.88 Å². The van der Waals surface area contributed by atoms with Crippen LogP contribution < -0.4 is 10.1 Å². The topological polar surface area (TPSA) is 47.0 Å². The number of hydrogen-bond donors (Lipinski definition) is 1. The van der Waals surface area contributed by atoms with Crippen molar-refractivity contribution in [2.24, 2.45) is 5.92 Å². The zero-order valence-corrected chi connectivity index (χ0v) is 11.2. The van der Waals surface area contributed by atoms with E-state index in [9.17, 15) is 0 Å². The van der Waals surface area contributed by atoms with E-state index < -0.39 is 0 Å². The number of aromatic nitrogens is 2. The third-order valence-corrected chi connectivity index (χ3v) is 2.32. The lowest BCUT2D eigenvalue weighted by atomic mass is 10.1. The standard InChI is InChI=1S/C13H23N3O/c1-5-6-14-12-8-13(16-9-15-12)17-11(4)7-10(2)3/h8-11H,5-7H2,1-4H3,(H,14,15,16). The van der Waals surface area contributed by atoms with Crippen molar-refractivity contribution >= 4 is 5.82 Å². The quantitative estimate of drug-likeness (QED) is 0.791. The molecule has 4 nitrogen and oxygen atoms in total. The normalized spacial score (nSPS) is 12.5. The van der Waals surface area contributed by atoms with Gasteiger partial charge in [-0.15, -0.1) is 0 Å². The van der Waals surface area contributed by atoms with Gasteiger partial charge in [0.2, 0.25) is 5.88 Å². The molecule has 1 N–H and O–H groups in total. The molecule has 0 spiro atoms. The van der Waals surface area contributed by atoms with E-state index in [-0.39, 0.29) is 6.10 Å². The average Bonchev–Trinajstić information content (AvgIpc) is 2.25. The molecule has 0 amide bonds. The lowest BCUT2D eigenvalue weighted by molar-refractivity contribution is 0.185. The Morgan fingerprint density at radius 2 is 2.06 bits per heavy atom. The highest BCUT2D eigenvalue weighted by atomic mass is 16.5. The van der Waals surface area contributed by atoms with Crippen molar-refractivity contribution in [2.75, 3.05) is 11.9 Å². The van der Waals surface area contributed by atoms with E-state index in [1.807, 2.05) is 6.07 Å². The zero-order valence-electron chi connectivity index (χ0n) is 11.2. The Kier molecular flexibility index (Phi) is 5.73. The summed E-state index contributed by atoms with van der Waals surface area (Å²) in [6.07, 6.45) is 3.82. The summed E-state index contributed by atoms with van der Waals surface area (Å²) in [7, 11) is 0. The third-order valence-electron chi connectivity index (χ3n) is 2.32. The molecule has 0 aliphatic rings. The van der Waals surface area contributed by atoms with Crippen LogP contribution in [-0.2, 0) is 0 Å². The monoisotopic (exact) mass is 237 g/mol. The van der Waals surface area contributed by atoms with Crippen molar-refractivity contribution in [1.29, 1.82) is 0 Å². The first-order valence-electron chi connectivity index (χ1n) is 6.34. The molecule has 0 aliphatic carbocycles. The summed E-state index contributed by atoms with van der Waals surface area (Å²) in [5.74, 6) is 2.10. The predicted molar refractivity (Wildman–Crippen MR) is 70.4 cm³/mol. The van der Waals surface area contributed by atoms with E-state index in [1.54, 1.807) is 0 Å². The van der Waals surface area contributed by atoms with Crippen molar-refractivity contribution in [3.63, 3.8) is 0 Å². The van der Waals surface area contributed by atoms with Gasteiger partial charge in [-0.05, 0) is 25.7 Å². The molecule has 0 radical (unpaired) electrons. The minimum atomic E-state index is 0.184. The summed E-state index contributed by atoms with van der Waals surface area (Å²) >= 11 is 0. The Hall–Kier alpha value is -1.32. The van der Waals surface area contributed by atoms with Gasteiger partial charge in [-0.2, -0.15) is 0 Å². The molecule has 0 aromatic carbocycles. The van der Waals surface area contributed by atoms with Crippen LogP contribution in [0, 0.1) is 5.92 Å². The highest BCUT2D eigenvalue weighted by Gasteiger charge is 2.08. The first kappa shape index (κ1) is 13.7. The smallest absolute Gasteiger partial charge is 0.218 e. The zero-order chi connectivity index (χ0) is 12.7.